The van der Waals surface area contributed by atoms with Gasteiger partial charge in [0.1, 0.15) is 16.7 Å². The first kappa shape index (κ1) is 46.7. The summed E-state index contributed by atoms with van der Waals surface area (Å²) in [5.41, 5.74) is 8.11. The number of hydrogen-bond donors (Lipinski definition) is 1. The van der Waals surface area contributed by atoms with Crippen LogP contribution in [0.15, 0.2) is 142 Å². The molecular weight excluding hydrogens is 754 g/mol. The Labute approximate surface area is 356 Å². The van der Waals surface area contributed by atoms with Gasteiger partial charge in [0.05, 0.1) is 15.5 Å². The van der Waals surface area contributed by atoms with E-state index in [-0.39, 0.29) is 45.3 Å². The maximum atomic E-state index is 11.5. The van der Waals surface area contributed by atoms with Crippen LogP contribution in [0.5, 0.6) is 0 Å². The van der Waals surface area contributed by atoms with E-state index in [0.29, 0.717) is 19.6 Å². The summed E-state index contributed by atoms with van der Waals surface area (Å²) in [5, 5.41) is 0. The van der Waals surface area contributed by atoms with Crippen molar-refractivity contribution in [3.63, 3.8) is 0 Å². The van der Waals surface area contributed by atoms with Gasteiger partial charge in [-0.05, 0) is 91.6 Å². The van der Waals surface area contributed by atoms with E-state index in [2.05, 4.69) is 103 Å². The van der Waals surface area contributed by atoms with Crippen molar-refractivity contribution in [2.75, 3.05) is 24.5 Å². The molecule has 2 aliphatic carbocycles. The Balaban J connectivity index is 0.00000132. The van der Waals surface area contributed by atoms with E-state index in [1.54, 1.807) is 24.3 Å². The summed E-state index contributed by atoms with van der Waals surface area (Å²) in [6, 6.07) is 20.8. The van der Waals surface area contributed by atoms with Crippen molar-refractivity contribution in [1.29, 1.82) is 0 Å². The molecule has 12 heteroatoms. The fourth-order valence-corrected chi connectivity index (χ4v) is 7.30. The molecule has 0 radical (unpaired) electrons. The number of allylic oxidation sites excluding steroid dienone is 10. The van der Waals surface area contributed by atoms with E-state index in [0.717, 1.165) is 58.0 Å². The van der Waals surface area contributed by atoms with Crippen LogP contribution in [0, 0.1) is 5.92 Å². The Hall–Kier alpha value is -3.68. The van der Waals surface area contributed by atoms with Gasteiger partial charge in [-0.15, -0.1) is 0 Å². The topological polar surface area (TPSA) is 130 Å². The molecule has 1 N–H and O–H groups in total. The molecule has 0 atom stereocenters. The van der Waals surface area contributed by atoms with Crippen LogP contribution in [-0.4, -0.2) is 61.6 Å². The second-order valence-corrected chi connectivity index (χ2v) is 16.1. The largest absolute Gasteiger partial charge is 1.00 e. The third-order valence-corrected chi connectivity index (χ3v) is 11.1. The Kier molecular flexibility index (Phi) is 18.6. The van der Waals surface area contributed by atoms with Crippen molar-refractivity contribution in [2.24, 2.45) is 10.9 Å². The van der Waals surface area contributed by atoms with E-state index in [1.807, 2.05) is 19.1 Å². The second-order valence-electron chi connectivity index (χ2n) is 13.2. The number of benzene rings is 3. The summed E-state index contributed by atoms with van der Waals surface area (Å²) in [5.74, 6) is -0.00981. The van der Waals surface area contributed by atoms with Gasteiger partial charge in [-0.1, -0.05) is 93.8 Å². The van der Waals surface area contributed by atoms with Gasteiger partial charge in [-0.2, -0.15) is 8.42 Å². The summed E-state index contributed by atoms with van der Waals surface area (Å²) < 4.78 is 68.5. The van der Waals surface area contributed by atoms with E-state index < -0.39 is 20.2 Å². The van der Waals surface area contributed by atoms with Gasteiger partial charge in [0.25, 0.3) is 10.1 Å². The van der Waals surface area contributed by atoms with Crippen LogP contribution in [0.3, 0.4) is 0 Å². The molecule has 0 amide bonds. The van der Waals surface area contributed by atoms with Crippen LogP contribution < -0.4 is 34.5 Å². The molecule has 5 rings (SSSR count). The minimum absolute atomic E-state index is 0. The third-order valence-electron chi connectivity index (χ3n) is 9.36. The average molecular weight is 807 g/mol. The van der Waals surface area contributed by atoms with Crippen molar-refractivity contribution in [3.8, 4) is 0 Å². The van der Waals surface area contributed by atoms with Gasteiger partial charge in [0.15, 0.2) is 12.3 Å². The summed E-state index contributed by atoms with van der Waals surface area (Å²) in [7, 11) is -8.74. The van der Waals surface area contributed by atoms with Crippen LogP contribution >= 0.6 is 0 Å². The molecule has 0 aliphatic heterocycles. The number of aliphatic imine (C=N–C) groups is 1. The molecule has 0 bridgehead atoms. The molecule has 0 saturated heterocycles. The van der Waals surface area contributed by atoms with E-state index in [4.69, 9.17) is 0 Å². The van der Waals surface area contributed by atoms with Gasteiger partial charge < -0.3 is 9.45 Å². The zero-order valence-electron chi connectivity index (χ0n) is 33.4. The first-order valence-corrected chi connectivity index (χ1v) is 21.8. The van der Waals surface area contributed by atoms with Crippen molar-refractivity contribution >= 4 is 42.9 Å². The Morgan fingerprint density at radius 1 is 0.750 bits per heavy atom. The molecule has 3 aromatic carbocycles. The van der Waals surface area contributed by atoms with Crippen molar-refractivity contribution in [2.45, 2.75) is 76.8 Å². The van der Waals surface area contributed by atoms with Crippen molar-refractivity contribution < 1.29 is 60.1 Å². The Morgan fingerprint density at radius 2 is 1.30 bits per heavy atom. The molecule has 0 heterocycles. The van der Waals surface area contributed by atoms with E-state index in [9.17, 15) is 25.9 Å². The normalized spacial score (nSPS) is 14.8. The van der Waals surface area contributed by atoms with Crippen LogP contribution in [0.25, 0.3) is 5.57 Å². The Morgan fingerprint density at radius 3 is 1.77 bits per heavy atom. The summed E-state index contributed by atoms with van der Waals surface area (Å²) >= 11 is 0. The van der Waals surface area contributed by atoms with Gasteiger partial charge in [0.2, 0.25) is 0 Å². The smallest absolute Gasteiger partial charge is 0.744 e. The van der Waals surface area contributed by atoms with Gasteiger partial charge in [0, 0.05) is 49.0 Å². The standard InChI is InChI=1S/C39H41N3O6S2.C5H12.Na/c1-4-40-34-17-11-31(12-18-34)39(32-13-19-35(20-14-32)41(5-2)27-29-7-23-37(24-8-29)49(43,44)45)33-15-21-36(22-16-33)42(6-3)28-30-9-25-38(26-10-30)50(46,47)48;1-3-5-4-2;/h7-26,32H,4-6,27-28H2,1-3H3,(H-,43,44,45,46,47,48);3-5H2,1-2H3;/q;;+1. The van der Waals surface area contributed by atoms with Crippen LogP contribution in [0.1, 0.15) is 70.6 Å². The molecular formula is C44H53N3NaO6S2+. The minimum Gasteiger partial charge on any atom is -0.744 e. The number of hydrogen-bond acceptors (Lipinski definition) is 7. The average Bonchev–Trinajstić information content (AvgIpc) is 3.18. The first-order chi connectivity index (χ1) is 26.3. The fourth-order valence-electron chi connectivity index (χ4n) is 6.35. The van der Waals surface area contributed by atoms with Crippen molar-refractivity contribution in [1.82, 2.24) is 0 Å². The monoisotopic (exact) mass is 806 g/mol. The number of rotatable bonds is 14. The maximum absolute atomic E-state index is 11.5. The van der Waals surface area contributed by atoms with E-state index in [1.165, 1.54) is 43.5 Å². The molecule has 292 valence electrons. The molecule has 0 saturated carbocycles. The first-order valence-electron chi connectivity index (χ1n) is 18.9. The van der Waals surface area contributed by atoms with Crippen molar-refractivity contribution in [3.05, 3.63) is 144 Å². The molecule has 3 aromatic rings. The predicted octanol–water partition coefficient (Wildman–Crippen LogP) is 5.82. The second kappa shape index (κ2) is 22.3. The molecule has 0 aromatic heterocycles. The fraction of sp³-hybridized carbons (Fsp3) is 0.318. The Bertz CT molecular complexity index is 2170. The molecule has 0 spiro atoms. The quantitative estimate of drug-likeness (QED) is 0.124. The number of anilines is 1. The molecule has 9 nitrogen and oxygen atoms in total. The number of nitrogens with zero attached hydrogens (tertiary/aromatic N) is 3. The molecule has 0 unspecified atom stereocenters. The predicted molar refractivity (Wildman–Crippen MR) is 223 cm³/mol. The molecule has 0 fully saturated rings. The molecule has 56 heavy (non-hydrogen) atoms. The third kappa shape index (κ3) is 13.5. The van der Waals surface area contributed by atoms with Crippen LogP contribution in [0.4, 0.5) is 5.69 Å². The van der Waals surface area contributed by atoms with Gasteiger partial charge in [-0.3, -0.25) is 9.55 Å². The zero-order valence-corrected chi connectivity index (χ0v) is 37.1. The maximum Gasteiger partial charge on any atom is 1.00 e. The zero-order chi connectivity index (χ0) is 40.0. The molecule has 2 aliphatic rings. The van der Waals surface area contributed by atoms with Gasteiger partial charge in [-0.25, -0.2) is 13.0 Å². The van der Waals surface area contributed by atoms with Crippen LogP contribution in [-0.2, 0) is 33.3 Å². The summed E-state index contributed by atoms with van der Waals surface area (Å²) in [4.78, 5) is 6.35. The summed E-state index contributed by atoms with van der Waals surface area (Å²) in [6.45, 7) is 13.9. The minimum atomic E-state index is -4.49. The van der Waals surface area contributed by atoms with Gasteiger partial charge >= 0.3 is 29.6 Å². The number of unbranched alkanes of at least 4 members (excludes halogenated alkanes) is 2. The van der Waals surface area contributed by atoms with E-state index >= 15 is 0 Å². The van der Waals surface area contributed by atoms with Crippen LogP contribution in [0.2, 0.25) is 0 Å². The SMILES string of the molecule is CCCCC.CCN=C1C=CC(=C(c2ccc(N(CC)Cc3ccc(S(=O)(=O)[O-])cc3)cc2)C2C=CC(=[N+](CC)Cc3ccc(S(=O)(=O)O)cc3)C=C2)C=C1.[Na+]. The summed E-state index contributed by atoms with van der Waals surface area (Å²) in [6.07, 6.45) is 21.0.